The number of unbranched alkanes of at least 4 members (excludes halogenated alkanes) is 3. The number of esters is 1. The zero-order valence-corrected chi connectivity index (χ0v) is 17.1. The van der Waals surface area contributed by atoms with Crippen LogP contribution in [0, 0.1) is 6.92 Å². The molecule has 0 radical (unpaired) electrons. The predicted octanol–water partition coefficient (Wildman–Crippen LogP) is 4.35. The molecule has 0 unspecified atom stereocenters. The van der Waals surface area contributed by atoms with Crippen molar-refractivity contribution in [3.8, 4) is 5.69 Å². The number of nitrogens with one attached hydrogen (secondary N) is 1. The second-order valence-electron chi connectivity index (χ2n) is 7.08. The highest BCUT2D eigenvalue weighted by atomic mass is 16.5. The van der Waals surface area contributed by atoms with E-state index in [1.807, 2.05) is 49.4 Å². The van der Waals surface area contributed by atoms with Gasteiger partial charge < -0.3 is 10.1 Å². The molecule has 0 atom stereocenters. The predicted molar refractivity (Wildman–Crippen MR) is 116 cm³/mol. The van der Waals surface area contributed by atoms with Gasteiger partial charge in [-0.05, 0) is 49.6 Å². The van der Waals surface area contributed by atoms with Crippen molar-refractivity contribution in [3.63, 3.8) is 0 Å². The summed E-state index contributed by atoms with van der Waals surface area (Å²) in [5, 5.41) is 12.0. The summed E-state index contributed by atoms with van der Waals surface area (Å²) < 4.78 is 4.93. The highest BCUT2D eigenvalue weighted by molar-refractivity contribution is 5.93. The Kier molecular flexibility index (Phi) is 7.32. The second-order valence-corrected chi connectivity index (χ2v) is 7.08. The number of hydrogen-bond donors (Lipinski definition) is 1. The van der Waals surface area contributed by atoms with E-state index < -0.39 is 5.97 Å². The first-order valence-electron chi connectivity index (χ1n) is 10.1. The topological polar surface area (TPSA) is 86.1 Å². The van der Waals surface area contributed by atoms with Crippen molar-refractivity contribution in [1.29, 1.82) is 0 Å². The zero-order valence-electron chi connectivity index (χ0n) is 17.1. The number of anilines is 1. The lowest BCUT2D eigenvalue weighted by molar-refractivity contribution is -0.137. The molecule has 1 N–H and O–H groups in total. The van der Waals surface area contributed by atoms with Crippen molar-refractivity contribution in [2.45, 2.75) is 39.0 Å². The van der Waals surface area contributed by atoms with Crippen molar-refractivity contribution in [2.75, 3.05) is 11.9 Å². The number of aromatic nitrogens is 3. The normalized spacial score (nSPS) is 10.7. The lowest BCUT2D eigenvalue weighted by atomic mass is 10.1. The molecule has 2 aromatic carbocycles. The van der Waals surface area contributed by atoms with Crippen LogP contribution in [0.25, 0.3) is 16.7 Å². The van der Waals surface area contributed by atoms with Crippen LogP contribution in [-0.4, -0.2) is 33.5 Å². The van der Waals surface area contributed by atoms with Crippen LogP contribution < -0.4 is 5.32 Å². The van der Waals surface area contributed by atoms with Gasteiger partial charge in [0.25, 0.3) is 0 Å². The maximum atomic E-state index is 12.4. The van der Waals surface area contributed by atoms with E-state index in [4.69, 9.17) is 4.74 Å². The minimum Gasteiger partial charge on any atom is -0.463 e. The molecular formula is C23H26N4O3. The van der Waals surface area contributed by atoms with Crippen LogP contribution in [0.3, 0.4) is 0 Å². The quantitative estimate of drug-likeness (QED) is 0.307. The summed E-state index contributed by atoms with van der Waals surface area (Å²) in [7, 11) is 0. The van der Waals surface area contributed by atoms with Crippen LogP contribution in [-0.2, 0) is 14.3 Å². The van der Waals surface area contributed by atoms with Gasteiger partial charge in [-0.3, -0.25) is 4.79 Å². The third-order valence-corrected chi connectivity index (χ3v) is 4.64. The molecule has 0 aliphatic rings. The fourth-order valence-electron chi connectivity index (χ4n) is 3.07. The van der Waals surface area contributed by atoms with E-state index in [0.29, 0.717) is 18.7 Å². The van der Waals surface area contributed by atoms with Gasteiger partial charge >= 0.3 is 5.97 Å². The van der Waals surface area contributed by atoms with Gasteiger partial charge in [-0.15, -0.1) is 15.0 Å². The smallest absolute Gasteiger partial charge is 0.330 e. The van der Waals surface area contributed by atoms with E-state index in [0.717, 1.165) is 54.0 Å². The molecule has 7 heteroatoms. The first-order chi connectivity index (χ1) is 14.6. The Morgan fingerprint density at radius 1 is 1.07 bits per heavy atom. The Hall–Kier alpha value is -3.48. The van der Waals surface area contributed by atoms with Crippen molar-refractivity contribution >= 4 is 28.6 Å². The summed E-state index contributed by atoms with van der Waals surface area (Å²) in [6.45, 7) is 5.73. The number of nitrogens with zero attached hydrogens (tertiary/aromatic N) is 3. The van der Waals surface area contributed by atoms with Crippen LogP contribution in [0.4, 0.5) is 5.69 Å². The van der Waals surface area contributed by atoms with Gasteiger partial charge in [0.15, 0.2) is 0 Å². The summed E-state index contributed by atoms with van der Waals surface area (Å²) in [5.74, 6) is -0.447. The second kappa shape index (κ2) is 10.3. The minimum absolute atomic E-state index is 0.0464. The summed E-state index contributed by atoms with van der Waals surface area (Å²) in [6, 6.07) is 13.4. The zero-order chi connectivity index (χ0) is 21.3. The van der Waals surface area contributed by atoms with Crippen molar-refractivity contribution < 1.29 is 14.3 Å². The number of amides is 1. The van der Waals surface area contributed by atoms with Gasteiger partial charge in [-0.2, -0.15) is 0 Å². The van der Waals surface area contributed by atoms with Crippen LogP contribution >= 0.6 is 0 Å². The highest BCUT2D eigenvalue weighted by Gasteiger charge is 2.12. The molecule has 156 valence electrons. The summed E-state index contributed by atoms with van der Waals surface area (Å²) in [4.78, 5) is 25.0. The average Bonchev–Trinajstić information content (AvgIpc) is 3.18. The van der Waals surface area contributed by atoms with Crippen molar-refractivity contribution in [1.82, 2.24) is 15.0 Å². The number of aryl methyl sites for hydroxylation is 1. The molecule has 0 aliphatic heterocycles. The monoisotopic (exact) mass is 406 g/mol. The maximum Gasteiger partial charge on any atom is 0.330 e. The Labute approximate surface area is 175 Å². The van der Waals surface area contributed by atoms with E-state index >= 15 is 0 Å². The van der Waals surface area contributed by atoms with E-state index in [-0.39, 0.29) is 5.91 Å². The molecule has 1 heterocycles. The Morgan fingerprint density at radius 2 is 1.77 bits per heavy atom. The number of carbonyl (C=O) groups is 2. The number of hydrogen-bond acceptors (Lipinski definition) is 5. The van der Waals surface area contributed by atoms with Crippen LogP contribution in [0.5, 0.6) is 0 Å². The first-order valence-corrected chi connectivity index (χ1v) is 10.1. The average molecular weight is 406 g/mol. The van der Waals surface area contributed by atoms with Crippen LogP contribution in [0.1, 0.15) is 37.7 Å². The Bertz CT molecular complexity index is 1010. The fraction of sp³-hybridized carbons (Fsp3) is 0.304. The maximum absolute atomic E-state index is 12.4. The van der Waals surface area contributed by atoms with Gasteiger partial charge in [-0.25, -0.2) is 4.79 Å². The van der Waals surface area contributed by atoms with Crippen LogP contribution in [0.15, 0.2) is 55.1 Å². The summed E-state index contributed by atoms with van der Waals surface area (Å²) in [5.41, 5.74) is 4.08. The number of fused-ring (bicyclic) bond motifs is 1. The van der Waals surface area contributed by atoms with Crippen LogP contribution in [0.2, 0.25) is 0 Å². The molecule has 7 nitrogen and oxygen atoms in total. The molecule has 0 bridgehead atoms. The molecule has 3 rings (SSSR count). The van der Waals surface area contributed by atoms with Gasteiger partial charge in [0.05, 0.1) is 12.3 Å². The van der Waals surface area contributed by atoms with Gasteiger partial charge in [0.1, 0.15) is 16.7 Å². The van der Waals surface area contributed by atoms with E-state index in [1.54, 1.807) is 4.80 Å². The fourth-order valence-corrected chi connectivity index (χ4v) is 3.07. The molecule has 0 aliphatic carbocycles. The van der Waals surface area contributed by atoms with Crippen molar-refractivity contribution in [3.05, 3.63) is 60.7 Å². The molecule has 1 aromatic heterocycles. The molecule has 0 saturated carbocycles. The Morgan fingerprint density at radius 3 is 2.47 bits per heavy atom. The third-order valence-electron chi connectivity index (χ3n) is 4.64. The van der Waals surface area contributed by atoms with E-state index in [1.165, 1.54) is 0 Å². The molecule has 0 saturated heterocycles. The van der Waals surface area contributed by atoms with Gasteiger partial charge in [0.2, 0.25) is 5.91 Å². The largest absolute Gasteiger partial charge is 0.463 e. The molecule has 3 aromatic rings. The minimum atomic E-state index is -0.400. The number of benzene rings is 2. The summed E-state index contributed by atoms with van der Waals surface area (Å²) >= 11 is 0. The molecule has 0 spiro atoms. The Balaban J connectivity index is 1.54. The number of ether oxygens (including phenoxy) is 1. The lowest BCUT2D eigenvalue weighted by Gasteiger charge is -2.11. The highest BCUT2D eigenvalue weighted by Crippen LogP contribution is 2.22. The van der Waals surface area contributed by atoms with Gasteiger partial charge in [0, 0.05) is 12.5 Å². The summed E-state index contributed by atoms with van der Waals surface area (Å²) in [6.07, 6.45) is 4.93. The molecule has 1 amide bonds. The molecular weight excluding hydrogens is 380 g/mol. The number of rotatable bonds is 10. The molecule has 0 fully saturated rings. The third kappa shape index (κ3) is 5.76. The number of carbonyl (C=O) groups excluding carboxylic acids is 2. The standard InChI is InChI=1S/C23H26N4O3/c1-3-23(29)30-15-9-5-4-6-12-22(28)24-20-14-13-17(2)16-21(20)27-25-18-10-7-8-11-19(18)26-27/h3,7-8,10-11,13-14,16H,1,4-6,9,12,15H2,2H3,(H,24,28). The first kappa shape index (κ1) is 21.2. The lowest BCUT2D eigenvalue weighted by Crippen LogP contribution is -2.14. The molecule has 30 heavy (non-hydrogen) atoms. The van der Waals surface area contributed by atoms with Gasteiger partial charge in [-0.1, -0.05) is 37.6 Å². The SMILES string of the molecule is C=CC(=O)OCCCCCCC(=O)Nc1ccc(C)cc1-n1nc2ccccc2n1. The van der Waals surface area contributed by atoms with E-state index in [2.05, 4.69) is 22.1 Å². The van der Waals surface area contributed by atoms with E-state index in [9.17, 15) is 9.59 Å². The van der Waals surface area contributed by atoms with Crippen molar-refractivity contribution in [2.24, 2.45) is 0 Å².